The summed E-state index contributed by atoms with van der Waals surface area (Å²) in [4.78, 5) is 24.1. The second-order valence-corrected chi connectivity index (χ2v) is 4.90. The molecule has 0 spiro atoms. The van der Waals surface area contributed by atoms with Crippen molar-refractivity contribution in [3.8, 4) is 0 Å². The molecule has 1 aromatic carbocycles. The third-order valence-electron chi connectivity index (χ3n) is 3.57. The Bertz CT molecular complexity index is 455. The van der Waals surface area contributed by atoms with Crippen LogP contribution in [0.2, 0.25) is 0 Å². The molecule has 1 fully saturated rings. The Balaban J connectivity index is 2.08. The first-order valence-corrected chi connectivity index (χ1v) is 6.86. The molecule has 0 aromatic heterocycles. The van der Waals surface area contributed by atoms with Gasteiger partial charge in [-0.1, -0.05) is 30.3 Å². The lowest BCUT2D eigenvalue weighted by Crippen LogP contribution is -2.42. The van der Waals surface area contributed by atoms with E-state index >= 15 is 0 Å². The van der Waals surface area contributed by atoms with E-state index in [1.54, 1.807) is 0 Å². The normalized spacial score (nSPS) is 17.2. The molecule has 1 aromatic rings. The van der Waals surface area contributed by atoms with Crippen LogP contribution in [0.4, 0.5) is 0 Å². The van der Waals surface area contributed by atoms with Crippen LogP contribution in [0, 0.1) is 5.92 Å². The van der Waals surface area contributed by atoms with E-state index in [1.807, 2.05) is 30.3 Å². The summed E-state index contributed by atoms with van der Waals surface area (Å²) in [7, 11) is 1.33. The summed E-state index contributed by atoms with van der Waals surface area (Å²) >= 11 is 0. The van der Waals surface area contributed by atoms with Gasteiger partial charge in [-0.05, 0) is 31.5 Å². The van der Waals surface area contributed by atoms with Crippen LogP contribution in [0.3, 0.4) is 0 Å². The monoisotopic (exact) mass is 276 g/mol. The van der Waals surface area contributed by atoms with Gasteiger partial charge in [0.15, 0.2) is 6.04 Å². The SMILES string of the molecule is COC(=O)C(NC(=O)C1CCNCC1)c1ccccc1. The summed E-state index contributed by atoms with van der Waals surface area (Å²) in [6.07, 6.45) is 1.60. The molecular weight excluding hydrogens is 256 g/mol. The van der Waals surface area contributed by atoms with Gasteiger partial charge in [-0.2, -0.15) is 0 Å². The average Bonchev–Trinajstić information content (AvgIpc) is 2.53. The minimum Gasteiger partial charge on any atom is -0.467 e. The van der Waals surface area contributed by atoms with Crippen molar-refractivity contribution in [3.05, 3.63) is 35.9 Å². The minimum absolute atomic E-state index is 0.0351. The molecule has 1 saturated heterocycles. The van der Waals surface area contributed by atoms with Crippen LogP contribution >= 0.6 is 0 Å². The number of methoxy groups -OCH3 is 1. The number of esters is 1. The van der Waals surface area contributed by atoms with E-state index in [0.717, 1.165) is 31.5 Å². The van der Waals surface area contributed by atoms with Crippen molar-refractivity contribution in [2.45, 2.75) is 18.9 Å². The van der Waals surface area contributed by atoms with Gasteiger partial charge in [0.2, 0.25) is 5.91 Å². The Kier molecular flexibility index (Phi) is 5.12. The molecule has 1 unspecified atom stereocenters. The van der Waals surface area contributed by atoms with Crippen molar-refractivity contribution in [3.63, 3.8) is 0 Å². The highest BCUT2D eigenvalue weighted by Crippen LogP contribution is 2.17. The fourth-order valence-corrected chi connectivity index (χ4v) is 2.39. The van der Waals surface area contributed by atoms with Crippen molar-refractivity contribution in [2.75, 3.05) is 20.2 Å². The van der Waals surface area contributed by atoms with Gasteiger partial charge >= 0.3 is 5.97 Å². The molecule has 1 aliphatic heterocycles. The van der Waals surface area contributed by atoms with Crippen LogP contribution < -0.4 is 10.6 Å². The maximum absolute atomic E-state index is 12.3. The van der Waals surface area contributed by atoms with E-state index in [9.17, 15) is 9.59 Å². The number of carbonyl (C=O) groups is 2. The van der Waals surface area contributed by atoms with Crippen LogP contribution in [-0.2, 0) is 14.3 Å². The molecule has 5 nitrogen and oxygen atoms in total. The molecule has 0 aliphatic carbocycles. The fraction of sp³-hybridized carbons (Fsp3) is 0.467. The molecule has 0 radical (unpaired) electrons. The van der Waals surface area contributed by atoms with E-state index < -0.39 is 12.0 Å². The standard InChI is InChI=1S/C15H20N2O3/c1-20-15(19)13(11-5-3-2-4-6-11)17-14(18)12-7-9-16-10-8-12/h2-6,12-13,16H,7-10H2,1H3,(H,17,18). The maximum Gasteiger partial charge on any atom is 0.333 e. The third-order valence-corrected chi connectivity index (χ3v) is 3.57. The van der Waals surface area contributed by atoms with Crippen molar-refractivity contribution in [1.29, 1.82) is 0 Å². The highest BCUT2D eigenvalue weighted by Gasteiger charge is 2.28. The Morgan fingerprint density at radius 3 is 2.50 bits per heavy atom. The number of hydrogen-bond acceptors (Lipinski definition) is 4. The average molecular weight is 276 g/mol. The molecule has 0 saturated carbocycles. The summed E-state index contributed by atoms with van der Waals surface area (Å²) in [5.74, 6) is -0.559. The number of piperidine rings is 1. The van der Waals surface area contributed by atoms with Crippen LogP contribution in [0.15, 0.2) is 30.3 Å². The molecule has 1 amide bonds. The van der Waals surface area contributed by atoms with Crippen LogP contribution in [0.5, 0.6) is 0 Å². The third kappa shape index (κ3) is 3.57. The first-order chi connectivity index (χ1) is 9.72. The number of nitrogens with one attached hydrogen (secondary N) is 2. The second kappa shape index (κ2) is 7.05. The van der Waals surface area contributed by atoms with E-state index in [-0.39, 0.29) is 11.8 Å². The smallest absolute Gasteiger partial charge is 0.333 e. The zero-order valence-corrected chi connectivity index (χ0v) is 11.6. The van der Waals surface area contributed by atoms with E-state index in [2.05, 4.69) is 10.6 Å². The Labute approximate surface area is 118 Å². The summed E-state index contributed by atoms with van der Waals surface area (Å²) in [6, 6.07) is 8.42. The summed E-state index contributed by atoms with van der Waals surface area (Å²) < 4.78 is 4.79. The number of ether oxygens (including phenoxy) is 1. The van der Waals surface area contributed by atoms with E-state index in [4.69, 9.17) is 4.74 Å². The molecule has 0 bridgehead atoms. The van der Waals surface area contributed by atoms with Gasteiger partial charge in [0.1, 0.15) is 0 Å². The van der Waals surface area contributed by atoms with Crippen molar-refractivity contribution in [2.24, 2.45) is 5.92 Å². The van der Waals surface area contributed by atoms with E-state index in [0.29, 0.717) is 0 Å². The fourth-order valence-electron chi connectivity index (χ4n) is 2.39. The quantitative estimate of drug-likeness (QED) is 0.806. The summed E-state index contributed by atoms with van der Waals surface area (Å²) in [5.41, 5.74) is 0.738. The van der Waals surface area contributed by atoms with Gasteiger partial charge in [-0.3, -0.25) is 4.79 Å². The highest BCUT2D eigenvalue weighted by atomic mass is 16.5. The van der Waals surface area contributed by atoms with Gasteiger partial charge in [0, 0.05) is 5.92 Å². The van der Waals surface area contributed by atoms with Gasteiger partial charge < -0.3 is 15.4 Å². The van der Waals surface area contributed by atoms with Gasteiger partial charge in [0.05, 0.1) is 7.11 Å². The zero-order chi connectivity index (χ0) is 14.4. The highest BCUT2D eigenvalue weighted by molar-refractivity contribution is 5.86. The molecular formula is C15H20N2O3. The number of benzene rings is 1. The molecule has 2 N–H and O–H groups in total. The van der Waals surface area contributed by atoms with Crippen LogP contribution in [0.25, 0.3) is 0 Å². The topological polar surface area (TPSA) is 67.4 Å². The predicted octanol–water partition coefficient (Wildman–Crippen LogP) is 1.02. The number of amides is 1. The number of rotatable bonds is 4. The van der Waals surface area contributed by atoms with Crippen molar-refractivity contribution >= 4 is 11.9 Å². The summed E-state index contributed by atoms with van der Waals surface area (Å²) in [5, 5.41) is 6.03. The molecule has 2 rings (SSSR count). The number of carbonyl (C=O) groups excluding carboxylic acids is 2. The van der Waals surface area contributed by atoms with Crippen LogP contribution in [0.1, 0.15) is 24.4 Å². The zero-order valence-electron chi connectivity index (χ0n) is 11.6. The number of hydrogen-bond donors (Lipinski definition) is 2. The lowest BCUT2D eigenvalue weighted by molar-refractivity contribution is -0.146. The van der Waals surface area contributed by atoms with Gasteiger partial charge in [0.25, 0.3) is 0 Å². The largest absolute Gasteiger partial charge is 0.467 e. The van der Waals surface area contributed by atoms with Crippen molar-refractivity contribution in [1.82, 2.24) is 10.6 Å². The predicted molar refractivity (Wildman–Crippen MR) is 74.9 cm³/mol. The Morgan fingerprint density at radius 2 is 1.90 bits per heavy atom. The minimum atomic E-state index is -0.733. The molecule has 108 valence electrons. The molecule has 5 heteroatoms. The maximum atomic E-state index is 12.3. The lowest BCUT2D eigenvalue weighted by atomic mass is 9.96. The summed E-state index contributed by atoms with van der Waals surface area (Å²) in [6.45, 7) is 1.68. The van der Waals surface area contributed by atoms with Gasteiger partial charge in [-0.25, -0.2) is 4.79 Å². The lowest BCUT2D eigenvalue weighted by Gasteiger charge is -2.24. The Hall–Kier alpha value is -1.88. The second-order valence-electron chi connectivity index (χ2n) is 4.90. The molecule has 1 aliphatic rings. The first-order valence-electron chi connectivity index (χ1n) is 6.86. The van der Waals surface area contributed by atoms with Crippen LogP contribution in [-0.4, -0.2) is 32.1 Å². The van der Waals surface area contributed by atoms with Crippen molar-refractivity contribution < 1.29 is 14.3 Å². The Morgan fingerprint density at radius 1 is 1.25 bits per heavy atom. The first kappa shape index (κ1) is 14.5. The van der Waals surface area contributed by atoms with Gasteiger partial charge in [-0.15, -0.1) is 0 Å². The molecule has 1 heterocycles. The van der Waals surface area contributed by atoms with E-state index in [1.165, 1.54) is 7.11 Å². The molecule has 1 atom stereocenters. The molecule has 20 heavy (non-hydrogen) atoms.